The van der Waals surface area contributed by atoms with Crippen LogP contribution in [0, 0.1) is 0 Å². The van der Waals surface area contributed by atoms with Crippen LogP contribution in [0.2, 0.25) is 0 Å². The molecule has 0 radical (unpaired) electrons. The smallest absolute Gasteiger partial charge is 0.291 e. The van der Waals surface area contributed by atoms with Crippen LogP contribution in [0.3, 0.4) is 0 Å². The fourth-order valence-corrected chi connectivity index (χ4v) is 4.10. The van der Waals surface area contributed by atoms with Crippen molar-refractivity contribution in [1.29, 1.82) is 0 Å². The van der Waals surface area contributed by atoms with Gasteiger partial charge in [0, 0.05) is 36.0 Å². The summed E-state index contributed by atoms with van der Waals surface area (Å²) in [6.45, 7) is 2.23. The summed E-state index contributed by atoms with van der Waals surface area (Å²) in [4.78, 5) is 26.3. The maximum Gasteiger partial charge on any atom is 0.291 e. The van der Waals surface area contributed by atoms with Crippen LogP contribution in [0.25, 0.3) is 21.8 Å². The monoisotopic (exact) mass is 434 g/mol. The van der Waals surface area contributed by atoms with Gasteiger partial charge in [-0.1, -0.05) is 25.1 Å². The van der Waals surface area contributed by atoms with E-state index in [9.17, 15) is 9.59 Å². The lowest BCUT2D eigenvalue weighted by Crippen LogP contribution is -2.33. The van der Waals surface area contributed by atoms with Crippen molar-refractivity contribution in [2.45, 2.75) is 25.9 Å². The summed E-state index contributed by atoms with van der Waals surface area (Å²) in [5, 5.41) is 8.83. The van der Waals surface area contributed by atoms with Crippen molar-refractivity contribution in [3.05, 3.63) is 64.6 Å². The van der Waals surface area contributed by atoms with Crippen molar-refractivity contribution in [2.75, 3.05) is 14.2 Å². The van der Waals surface area contributed by atoms with Crippen LogP contribution >= 0.6 is 0 Å². The number of aromatic nitrogens is 3. The van der Waals surface area contributed by atoms with Gasteiger partial charge in [-0.3, -0.25) is 9.59 Å². The molecular weight excluding hydrogens is 408 g/mol. The van der Waals surface area contributed by atoms with E-state index >= 15 is 0 Å². The number of rotatable bonds is 7. The molecule has 2 aromatic carbocycles. The molecular formula is C24H26N4O4. The van der Waals surface area contributed by atoms with E-state index in [4.69, 9.17) is 9.47 Å². The topological polar surface area (TPSA) is 87.4 Å². The highest BCUT2D eigenvalue weighted by Crippen LogP contribution is 2.31. The Balaban J connectivity index is 1.73. The van der Waals surface area contributed by atoms with Crippen LogP contribution in [0.15, 0.2) is 53.5 Å². The lowest BCUT2D eigenvalue weighted by molar-refractivity contribution is -0.124. The molecule has 0 aliphatic rings. The maximum absolute atomic E-state index is 13.3. The number of para-hydroxylation sites is 1. The molecule has 0 bridgehead atoms. The van der Waals surface area contributed by atoms with Crippen molar-refractivity contribution in [2.24, 2.45) is 7.05 Å². The maximum atomic E-state index is 13.3. The molecule has 0 aliphatic carbocycles. The van der Waals surface area contributed by atoms with Gasteiger partial charge in [0.25, 0.3) is 5.56 Å². The minimum absolute atomic E-state index is 0.174. The molecule has 32 heavy (non-hydrogen) atoms. The lowest BCUT2D eigenvalue weighted by Gasteiger charge is -2.20. The number of benzene rings is 2. The average Bonchev–Trinajstić information content (AvgIpc) is 3.15. The van der Waals surface area contributed by atoms with Gasteiger partial charge in [0.2, 0.25) is 5.91 Å². The van der Waals surface area contributed by atoms with Gasteiger partial charge < -0.3 is 19.4 Å². The molecule has 8 nitrogen and oxygen atoms in total. The van der Waals surface area contributed by atoms with Crippen LogP contribution in [-0.4, -0.2) is 34.5 Å². The van der Waals surface area contributed by atoms with E-state index in [2.05, 4.69) is 10.4 Å². The highest BCUT2D eigenvalue weighted by molar-refractivity contribution is 6.08. The van der Waals surface area contributed by atoms with Gasteiger partial charge in [-0.05, 0) is 24.6 Å². The Kier molecular flexibility index (Phi) is 5.85. The molecule has 0 saturated heterocycles. The van der Waals surface area contributed by atoms with E-state index in [1.54, 1.807) is 33.5 Å². The number of ether oxygens (including phenoxy) is 2. The van der Waals surface area contributed by atoms with Crippen molar-refractivity contribution >= 4 is 27.7 Å². The van der Waals surface area contributed by atoms with Crippen LogP contribution in [0.1, 0.15) is 24.9 Å². The summed E-state index contributed by atoms with van der Waals surface area (Å²) >= 11 is 0. The first-order valence-electron chi connectivity index (χ1n) is 10.4. The Morgan fingerprint density at radius 3 is 2.62 bits per heavy atom. The largest absolute Gasteiger partial charge is 0.497 e. The summed E-state index contributed by atoms with van der Waals surface area (Å²) in [6.07, 6.45) is 2.20. The molecule has 0 aliphatic heterocycles. The number of nitrogens with one attached hydrogen (secondary N) is 1. The number of carbonyl (C=O) groups is 1. The Hall–Kier alpha value is -3.81. The number of nitrogens with zero attached hydrogens (tertiary/aromatic N) is 3. The predicted molar refractivity (Wildman–Crippen MR) is 123 cm³/mol. The molecule has 1 amide bonds. The predicted octanol–water partition coefficient (Wildman–Crippen LogP) is 3.17. The zero-order valence-electron chi connectivity index (χ0n) is 18.6. The minimum atomic E-state index is -0.559. The van der Waals surface area contributed by atoms with Crippen LogP contribution in [-0.2, 0) is 18.4 Å². The van der Waals surface area contributed by atoms with Crippen molar-refractivity contribution in [1.82, 2.24) is 19.7 Å². The highest BCUT2D eigenvalue weighted by atomic mass is 16.5. The Morgan fingerprint density at radius 1 is 1.12 bits per heavy atom. The van der Waals surface area contributed by atoms with E-state index in [-0.39, 0.29) is 11.5 Å². The van der Waals surface area contributed by atoms with Gasteiger partial charge in [0.15, 0.2) is 0 Å². The lowest BCUT2D eigenvalue weighted by atomic mass is 10.1. The van der Waals surface area contributed by atoms with E-state index in [0.29, 0.717) is 30.0 Å². The number of amides is 1. The molecule has 166 valence electrons. The Labute approximate surface area is 185 Å². The van der Waals surface area contributed by atoms with Crippen molar-refractivity contribution in [3.8, 4) is 11.5 Å². The van der Waals surface area contributed by atoms with E-state index < -0.39 is 6.04 Å². The fourth-order valence-electron chi connectivity index (χ4n) is 4.10. The standard InChI is InChI=1S/C24H26N4O4/c1-5-19(23(29)25-13-15-10-11-16(31-3)12-21(15)32-4)28-20-9-7-6-8-17(20)18-14-26-27(2)24(30)22(18)28/h6-12,14,19H,5,13H2,1-4H3,(H,25,29). The zero-order chi connectivity index (χ0) is 22.8. The molecule has 0 spiro atoms. The molecule has 1 atom stereocenters. The number of fused-ring (bicyclic) bond motifs is 3. The van der Waals surface area contributed by atoms with E-state index in [1.165, 1.54) is 4.68 Å². The molecule has 0 saturated carbocycles. The van der Waals surface area contributed by atoms with Gasteiger partial charge in [-0.25, -0.2) is 4.68 Å². The average molecular weight is 434 g/mol. The first-order valence-corrected chi connectivity index (χ1v) is 10.4. The fraction of sp³-hybridized carbons (Fsp3) is 0.292. The summed E-state index contributed by atoms with van der Waals surface area (Å²) in [5.41, 5.74) is 1.91. The zero-order valence-corrected chi connectivity index (χ0v) is 18.6. The summed E-state index contributed by atoms with van der Waals surface area (Å²) < 4.78 is 13.8. The number of hydrogen-bond acceptors (Lipinski definition) is 5. The van der Waals surface area contributed by atoms with Crippen LogP contribution in [0.5, 0.6) is 11.5 Å². The SMILES string of the molecule is CCC(C(=O)NCc1ccc(OC)cc1OC)n1c2ccccc2c2cnn(C)c(=O)c21. The third-order valence-electron chi connectivity index (χ3n) is 5.75. The third kappa shape index (κ3) is 3.57. The molecule has 1 N–H and O–H groups in total. The van der Waals surface area contributed by atoms with Gasteiger partial charge in [0.05, 0.1) is 25.9 Å². The molecule has 4 aromatic rings. The molecule has 0 fully saturated rings. The second-order valence-electron chi connectivity index (χ2n) is 7.54. The first-order chi connectivity index (χ1) is 15.5. The Bertz CT molecular complexity index is 1360. The quantitative estimate of drug-likeness (QED) is 0.483. The van der Waals surface area contributed by atoms with Gasteiger partial charge in [-0.15, -0.1) is 0 Å². The molecule has 4 rings (SSSR count). The van der Waals surface area contributed by atoms with E-state index in [0.717, 1.165) is 21.9 Å². The van der Waals surface area contributed by atoms with Crippen LogP contribution in [0.4, 0.5) is 0 Å². The van der Waals surface area contributed by atoms with Gasteiger partial charge >= 0.3 is 0 Å². The number of hydrogen-bond donors (Lipinski definition) is 1. The number of aryl methyl sites for hydroxylation is 1. The normalized spacial score (nSPS) is 12.1. The van der Waals surface area contributed by atoms with Gasteiger partial charge in [0.1, 0.15) is 23.1 Å². The van der Waals surface area contributed by atoms with E-state index in [1.807, 2.05) is 47.9 Å². The molecule has 2 aromatic heterocycles. The third-order valence-corrected chi connectivity index (χ3v) is 5.75. The summed E-state index contributed by atoms with van der Waals surface area (Å²) in [5.74, 6) is 1.14. The minimum Gasteiger partial charge on any atom is -0.497 e. The molecule has 2 heterocycles. The second-order valence-corrected chi connectivity index (χ2v) is 7.54. The van der Waals surface area contributed by atoms with Crippen molar-refractivity contribution < 1.29 is 14.3 Å². The highest BCUT2D eigenvalue weighted by Gasteiger charge is 2.25. The summed E-state index contributed by atoms with van der Waals surface area (Å²) in [6, 6.07) is 12.6. The second kappa shape index (κ2) is 8.74. The number of methoxy groups -OCH3 is 2. The van der Waals surface area contributed by atoms with Crippen molar-refractivity contribution in [3.63, 3.8) is 0 Å². The molecule has 8 heteroatoms. The Morgan fingerprint density at radius 2 is 1.91 bits per heavy atom. The number of carbonyl (C=O) groups excluding carboxylic acids is 1. The first kappa shape index (κ1) is 21.4. The molecule has 1 unspecified atom stereocenters. The summed E-state index contributed by atoms with van der Waals surface area (Å²) in [7, 11) is 4.78. The van der Waals surface area contributed by atoms with Crippen LogP contribution < -0.4 is 20.3 Å². The van der Waals surface area contributed by atoms with Gasteiger partial charge in [-0.2, -0.15) is 5.10 Å².